The van der Waals surface area contributed by atoms with Crippen molar-refractivity contribution in [3.8, 4) is 0 Å². The van der Waals surface area contributed by atoms with Crippen LogP contribution in [0.25, 0.3) is 0 Å². The lowest BCUT2D eigenvalue weighted by Gasteiger charge is -2.36. The van der Waals surface area contributed by atoms with E-state index in [0.29, 0.717) is 38.8 Å². The van der Waals surface area contributed by atoms with Gasteiger partial charge in [-0.25, -0.2) is 0 Å². The lowest BCUT2D eigenvalue weighted by Crippen LogP contribution is -2.56. The summed E-state index contributed by atoms with van der Waals surface area (Å²) in [6.07, 6.45) is 0. The van der Waals surface area contributed by atoms with Gasteiger partial charge >= 0.3 is 0 Å². The van der Waals surface area contributed by atoms with Gasteiger partial charge in [-0.1, -0.05) is 44.2 Å². The fourth-order valence-electron chi connectivity index (χ4n) is 3.94. The van der Waals surface area contributed by atoms with Crippen LogP contribution in [0, 0.1) is 5.41 Å². The topological polar surface area (TPSA) is 49.9 Å². The van der Waals surface area contributed by atoms with E-state index in [4.69, 9.17) is 4.74 Å². The van der Waals surface area contributed by atoms with Gasteiger partial charge in [-0.2, -0.15) is 0 Å². The molecular weight excluding hydrogens is 304 g/mol. The number of carbonyl (C=O) groups is 2. The minimum Gasteiger partial charge on any atom is -0.377 e. The van der Waals surface area contributed by atoms with E-state index in [0.717, 1.165) is 0 Å². The van der Waals surface area contributed by atoms with E-state index in [1.807, 2.05) is 23.1 Å². The zero-order chi connectivity index (χ0) is 17.3. The first-order valence-electron chi connectivity index (χ1n) is 8.59. The number of benzene rings is 1. The fourth-order valence-corrected chi connectivity index (χ4v) is 3.94. The summed E-state index contributed by atoms with van der Waals surface area (Å²) in [5, 5.41) is 0. The highest BCUT2D eigenvalue weighted by Crippen LogP contribution is 2.42. The van der Waals surface area contributed by atoms with Gasteiger partial charge in [0.15, 0.2) is 0 Å². The lowest BCUT2D eigenvalue weighted by atomic mass is 9.78. The number of hydrogen-bond acceptors (Lipinski definition) is 3. The first-order valence-corrected chi connectivity index (χ1v) is 8.59. The van der Waals surface area contributed by atoms with Crippen LogP contribution in [0.2, 0.25) is 0 Å². The Hall–Kier alpha value is -1.88. The molecular formula is C19H26N2O3. The normalized spacial score (nSPS) is 26.5. The molecule has 5 nitrogen and oxygen atoms in total. The summed E-state index contributed by atoms with van der Waals surface area (Å²) in [5.41, 5.74) is 1.27. The predicted molar refractivity (Wildman–Crippen MR) is 91.5 cm³/mol. The Morgan fingerprint density at radius 1 is 1.21 bits per heavy atom. The van der Waals surface area contributed by atoms with Crippen LogP contribution in [0.5, 0.6) is 0 Å². The summed E-state index contributed by atoms with van der Waals surface area (Å²) < 4.78 is 5.47. The number of amides is 2. The first kappa shape index (κ1) is 17.0. The average molecular weight is 330 g/mol. The lowest BCUT2D eigenvalue weighted by molar-refractivity contribution is -0.152. The Bertz CT molecular complexity index is 614. The largest absolute Gasteiger partial charge is 0.377 e. The monoisotopic (exact) mass is 330 g/mol. The van der Waals surface area contributed by atoms with E-state index >= 15 is 0 Å². The summed E-state index contributed by atoms with van der Waals surface area (Å²) in [4.78, 5) is 28.4. The third-order valence-corrected chi connectivity index (χ3v) is 5.28. The number of carbonyl (C=O) groups excluding carboxylic acids is 2. The molecule has 0 bridgehead atoms. The van der Waals surface area contributed by atoms with Crippen molar-refractivity contribution in [2.45, 2.75) is 32.7 Å². The molecule has 0 aromatic heterocycles. The number of ether oxygens (including phenoxy) is 1. The van der Waals surface area contributed by atoms with Crippen LogP contribution in [-0.2, 0) is 14.3 Å². The second kappa shape index (κ2) is 6.55. The minimum atomic E-state index is -0.485. The SMILES string of the molecule is CC(=O)N1CCOC[C@@H]1C(=O)N1C[C@H](c2ccccc2)C(C)(C)C1. The van der Waals surface area contributed by atoms with E-state index in [1.54, 1.807) is 4.90 Å². The standard InChI is InChI=1S/C19H26N2O3/c1-14(22)21-9-10-24-12-17(21)18(23)20-11-16(19(2,3)13-20)15-7-5-4-6-8-15/h4-8,16-17H,9-13H2,1-3H3/t16-,17-/m1/s1. The van der Waals surface area contributed by atoms with Crippen molar-refractivity contribution in [3.05, 3.63) is 35.9 Å². The molecule has 2 atom stereocenters. The van der Waals surface area contributed by atoms with Gasteiger partial charge in [0.1, 0.15) is 6.04 Å². The summed E-state index contributed by atoms with van der Waals surface area (Å²) >= 11 is 0. The number of likely N-dealkylation sites (tertiary alicyclic amines) is 1. The van der Waals surface area contributed by atoms with Gasteiger partial charge < -0.3 is 14.5 Å². The highest BCUT2D eigenvalue weighted by molar-refractivity contribution is 5.87. The maximum absolute atomic E-state index is 13.0. The molecule has 24 heavy (non-hydrogen) atoms. The highest BCUT2D eigenvalue weighted by Gasteiger charge is 2.44. The molecule has 2 saturated heterocycles. The van der Waals surface area contributed by atoms with Crippen LogP contribution in [0.3, 0.4) is 0 Å². The molecule has 0 saturated carbocycles. The maximum atomic E-state index is 13.0. The first-order chi connectivity index (χ1) is 11.4. The van der Waals surface area contributed by atoms with Crippen molar-refractivity contribution in [3.63, 3.8) is 0 Å². The minimum absolute atomic E-state index is 0.00753. The van der Waals surface area contributed by atoms with Crippen LogP contribution in [0.4, 0.5) is 0 Å². The van der Waals surface area contributed by atoms with E-state index in [1.165, 1.54) is 12.5 Å². The Kier molecular flexibility index (Phi) is 4.63. The third kappa shape index (κ3) is 3.18. The van der Waals surface area contributed by atoms with Crippen molar-refractivity contribution in [1.29, 1.82) is 0 Å². The van der Waals surface area contributed by atoms with E-state index in [2.05, 4.69) is 26.0 Å². The van der Waals surface area contributed by atoms with Crippen LogP contribution in [0.15, 0.2) is 30.3 Å². The Labute approximate surface area is 143 Å². The van der Waals surface area contributed by atoms with Gasteiger partial charge in [0.05, 0.1) is 13.2 Å². The van der Waals surface area contributed by atoms with Crippen molar-refractivity contribution in [1.82, 2.24) is 9.80 Å². The fraction of sp³-hybridized carbons (Fsp3) is 0.579. The Morgan fingerprint density at radius 2 is 1.92 bits per heavy atom. The zero-order valence-corrected chi connectivity index (χ0v) is 14.7. The molecule has 0 spiro atoms. The number of morpholine rings is 1. The van der Waals surface area contributed by atoms with Crippen LogP contribution in [-0.4, -0.2) is 60.5 Å². The molecule has 0 unspecified atom stereocenters. The number of nitrogens with zero attached hydrogens (tertiary/aromatic N) is 2. The van der Waals surface area contributed by atoms with Gasteiger partial charge in [0.25, 0.3) is 0 Å². The molecule has 2 amide bonds. The number of rotatable bonds is 2. The summed E-state index contributed by atoms with van der Waals surface area (Å²) in [6, 6.07) is 9.88. The molecule has 2 heterocycles. The average Bonchev–Trinajstić information content (AvgIpc) is 2.90. The van der Waals surface area contributed by atoms with E-state index < -0.39 is 6.04 Å². The van der Waals surface area contributed by atoms with E-state index in [-0.39, 0.29) is 17.2 Å². The van der Waals surface area contributed by atoms with Gasteiger partial charge in [-0.15, -0.1) is 0 Å². The summed E-state index contributed by atoms with van der Waals surface area (Å²) in [5.74, 6) is 0.254. The molecule has 5 heteroatoms. The summed E-state index contributed by atoms with van der Waals surface area (Å²) in [6.45, 7) is 8.62. The van der Waals surface area contributed by atoms with Crippen molar-refractivity contribution in [2.75, 3.05) is 32.8 Å². The Balaban J connectivity index is 1.78. The molecule has 2 aliphatic rings. The smallest absolute Gasteiger partial charge is 0.247 e. The molecule has 1 aromatic carbocycles. The highest BCUT2D eigenvalue weighted by atomic mass is 16.5. The van der Waals surface area contributed by atoms with Crippen LogP contribution < -0.4 is 0 Å². The molecule has 2 aliphatic heterocycles. The van der Waals surface area contributed by atoms with Gasteiger partial charge in [0, 0.05) is 32.5 Å². The predicted octanol–water partition coefficient (Wildman–Crippen LogP) is 1.89. The second-order valence-electron chi connectivity index (χ2n) is 7.47. The van der Waals surface area contributed by atoms with Gasteiger partial charge in [-0.3, -0.25) is 9.59 Å². The third-order valence-electron chi connectivity index (χ3n) is 5.28. The van der Waals surface area contributed by atoms with E-state index in [9.17, 15) is 9.59 Å². The molecule has 2 fully saturated rings. The molecule has 0 N–H and O–H groups in total. The Morgan fingerprint density at radius 3 is 2.58 bits per heavy atom. The van der Waals surface area contributed by atoms with Crippen molar-refractivity contribution in [2.24, 2.45) is 5.41 Å². The quantitative estimate of drug-likeness (QED) is 0.832. The zero-order valence-electron chi connectivity index (χ0n) is 14.7. The van der Waals surface area contributed by atoms with Gasteiger partial charge in [-0.05, 0) is 11.0 Å². The molecule has 0 radical (unpaired) electrons. The van der Waals surface area contributed by atoms with Gasteiger partial charge in [0.2, 0.25) is 11.8 Å². The summed E-state index contributed by atoms with van der Waals surface area (Å²) in [7, 11) is 0. The molecule has 1 aromatic rings. The maximum Gasteiger partial charge on any atom is 0.247 e. The molecule has 130 valence electrons. The number of hydrogen-bond donors (Lipinski definition) is 0. The molecule has 0 aliphatic carbocycles. The second-order valence-corrected chi connectivity index (χ2v) is 7.47. The van der Waals surface area contributed by atoms with Crippen LogP contribution in [0.1, 0.15) is 32.3 Å². The van der Waals surface area contributed by atoms with Crippen molar-refractivity contribution < 1.29 is 14.3 Å². The molecule has 3 rings (SSSR count). The van der Waals surface area contributed by atoms with Crippen LogP contribution >= 0.6 is 0 Å². The van der Waals surface area contributed by atoms with Crippen molar-refractivity contribution >= 4 is 11.8 Å².